The minimum absolute atomic E-state index is 0.0266. The van der Waals surface area contributed by atoms with Crippen LogP contribution in [0.5, 0.6) is 0 Å². The van der Waals surface area contributed by atoms with Crippen LogP contribution in [0.2, 0.25) is 0 Å². The molecule has 0 bridgehead atoms. The summed E-state index contributed by atoms with van der Waals surface area (Å²) >= 11 is 0. The second kappa shape index (κ2) is 3.77. The molecule has 0 saturated carbocycles. The van der Waals surface area contributed by atoms with Crippen LogP contribution in [0.4, 0.5) is 0 Å². The third-order valence-electron chi connectivity index (χ3n) is 3.01. The van der Waals surface area contributed by atoms with Gasteiger partial charge in [0.25, 0.3) is 5.56 Å². The number of rotatable bonds is 1. The molecule has 0 aliphatic carbocycles. The fourth-order valence-corrected chi connectivity index (χ4v) is 2.17. The molecule has 1 unspecified atom stereocenters. The lowest BCUT2D eigenvalue weighted by atomic mass is 10.1. The van der Waals surface area contributed by atoms with E-state index in [0.29, 0.717) is 25.2 Å². The molecule has 1 aromatic heterocycles. The van der Waals surface area contributed by atoms with E-state index >= 15 is 0 Å². The smallest absolute Gasteiger partial charge is 0.256 e. The van der Waals surface area contributed by atoms with Crippen molar-refractivity contribution in [1.29, 1.82) is 0 Å². The summed E-state index contributed by atoms with van der Waals surface area (Å²) in [6, 6.07) is 0. The number of nitrogens with zero attached hydrogens (tertiary/aromatic N) is 2. The van der Waals surface area contributed by atoms with Gasteiger partial charge in [-0.15, -0.1) is 0 Å². The highest BCUT2D eigenvalue weighted by Crippen LogP contribution is 2.21. The Bertz CT molecular complexity index is 437. The Morgan fingerprint density at radius 2 is 2.33 bits per heavy atom. The molecule has 15 heavy (non-hydrogen) atoms. The molecular weight excluding hydrogens is 192 g/mol. The molecule has 82 valence electrons. The summed E-state index contributed by atoms with van der Waals surface area (Å²) in [7, 11) is 0. The summed E-state index contributed by atoms with van der Waals surface area (Å²) in [5.41, 5.74) is 1.56. The van der Waals surface area contributed by atoms with E-state index in [1.807, 2.05) is 13.8 Å². The lowest BCUT2D eigenvalue weighted by molar-refractivity contribution is 0.130. The molecule has 1 atom stereocenters. The van der Waals surface area contributed by atoms with Crippen molar-refractivity contribution < 1.29 is 5.11 Å². The molecule has 0 fully saturated rings. The first kappa shape index (κ1) is 10.4. The van der Waals surface area contributed by atoms with Crippen LogP contribution in [-0.2, 0) is 13.0 Å². The monoisotopic (exact) mass is 208 g/mol. The summed E-state index contributed by atoms with van der Waals surface area (Å²) in [6.45, 7) is 4.48. The van der Waals surface area contributed by atoms with Gasteiger partial charge < -0.3 is 5.11 Å². The van der Waals surface area contributed by atoms with Crippen LogP contribution in [0.1, 0.15) is 43.0 Å². The van der Waals surface area contributed by atoms with Crippen LogP contribution in [0.15, 0.2) is 4.79 Å². The van der Waals surface area contributed by atoms with Gasteiger partial charge in [-0.1, -0.05) is 6.92 Å². The van der Waals surface area contributed by atoms with Crippen LogP contribution in [0.25, 0.3) is 0 Å². The van der Waals surface area contributed by atoms with Gasteiger partial charge in [-0.05, 0) is 26.2 Å². The van der Waals surface area contributed by atoms with Crippen molar-refractivity contribution in [3.63, 3.8) is 0 Å². The number of fused-ring (bicyclic) bond motifs is 1. The molecule has 2 rings (SSSR count). The largest absolute Gasteiger partial charge is 0.385 e. The molecule has 0 aromatic carbocycles. The molecule has 0 saturated heterocycles. The SMILES string of the molecule is CCc1c(C)nc2n(c1=O)CCCC2O. The van der Waals surface area contributed by atoms with Crippen molar-refractivity contribution >= 4 is 0 Å². The Hall–Kier alpha value is -1.16. The number of hydrogen-bond acceptors (Lipinski definition) is 3. The van der Waals surface area contributed by atoms with Crippen LogP contribution < -0.4 is 5.56 Å². The number of aromatic nitrogens is 2. The number of aliphatic hydroxyl groups is 1. The van der Waals surface area contributed by atoms with Crippen molar-refractivity contribution in [1.82, 2.24) is 9.55 Å². The Labute approximate surface area is 88.6 Å². The van der Waals surface area contributed by atoms with Gasteiger partial charge in [0.2, 0.25) is 0 Å². The standard InChI is InChI=1S/C11H16N2O2/c1-3-8-7(2)12-10-9(14)5-4-6-13(10)11(8)15/h9,14H,3-6H2,1-2H3. The first-order valence-electron chi connectivity index (χ1n) is 5.43. The van der Waals surface area contributed by atoms with Gasteiger partial charge in [0.05, 0.1) is 0 Å². The Morgan fingerprint density at radius 3 is 3.00 bits per heavy atom. The van der Waals surface area contributed by atoms with Crippen molar-refractivity contribution in [2.24, 2.45) is 0 Å². The van der Waals surface area contributed by atoms with Gasteiger partial charge in [0.1, 0.15) is 11.9 Å². The summed E-state index contributed by atoms with van der Waals surface area (Å²) in [4.78, 5) is 16.4. The maximum atomic E-state index is 12.0. The first-order valence-corrected chi connectivity index (χ1v) is 5.43. The minimum atomic E-state index is -0.573. The van der Waals surface area contributed by atoms with Crippen LogP contribution in [0, 0.1) is 6.92 Å². The highest BCUT2D eigenvalue weighted by atomic mass is 16.3. The normalized spacial score (nSPS) is 20.1. The third-order valence-corrected chi connectivity index (χ3v) is 3.01. The zero-order valence-corrected chi connectivity index (χ0v) is 9.16. The zero-order chi connectivity index (χ0) is 11.0. The summed E-state index contributed by atoms with van der Waals surface area (Å²) in [5, 5.41) is 9.75. The molecule has 0 spiro atoms. The van der Waals surface area contributed by atoms with E-state index in [-0.39, 0.29) is 5.56 Å². The minimum Gasteiger partial charge on any atom is -0.385 e. The number of aliphatic hydroxyl groups excluding tert-OH is 1. The second-order valence-electron chi connectivity index (χ2n) is 4.00. The highest BCUT2D eigenvalue weighted by Gasteiger charge is 2.22. The number of aryl methyl sites for hydroxylation is 1. The van der Waals surface area contributed by atoms with E-state index in [1.54, 1.807) is 4.57 Å². The van der Waals surface area contributed by atoms with Crippen LogP contribution >= 0.6 is 0 Å². The van der Waals surface area contributed by atoms with Gasteiger partial charge in [0.15, 0.2) is 0 Å². The van der Waals surface area contributed by atoms with Crippen molar-refractivity contribution in [3.05, 3.63) is 27.4 Å². The van der Waals surface area contributed by atoms with Crippen LogP contribution in [-0.4, -0.2) is 14.7 Å². The van der Waals surface area contributed by atoms with Gasteiger partial charge in [0, 0.05) is 17.8 Å². The van der Waals surface area contributed by atoms with Crippen LogP contribution in [0.3, 0.4) is 0 Å². The summed E-state index contributed by atoms with van der Waals surface area (Å²) in [5.74, 6) is 0.543. The molecule has 1 aromatic rings. The predicted octanol–water partition coefficient (Wildman–Crippen LogP) is 0.941. The maximum absolute atomic E-state index is 12.0. The van der Waals surface area contributed by atoms with E-state index in [9.17, 15) is 9.90 Å². The fraction of sp³-hybridized carbons (Fsp3) is 0.636. The highest BCUT2D eigenvalue weighted by molar-refractivity contribution is 5.19. The molecule has 1 N–H and O–H groups in total. The van der Waals surface area contributed by atoms with Crippen molar-refractivity contribution in [3.8, 4) is 0 Å². The molecule has 4 heteroatoms. The van der Waals surface area contributed by atoms with E-state index in [2.05, 4.69) is 4.98 Å². The Morgan fingerprint density at radius 1 is 1.60 bits per heavy atom. The Kier molecular flexibility index (Phi) is 2.61. The van der Waals surface area contributed by atoms with Gasteiger partial charge >= 0.3 is 0 Å². The average molecular weight is 208 g/mol. The molecule has 0 amide bonds. The zero-order valence-electron chi connectivity index (χ0n) is 9.16. The molecular formula is C11H16N2O2. The first-order chi connectivity index (χ1) is 7.15. The quantitative estimate of drug-likeness (QED) is 0.747. The Balaban J connectivity index is 2.66. The lowest BCUT2D eigenvalue weighted by Crippen LogP contribution is -2.33. The second-order valence-corrected chi connectivity index (χ2v) is 4.00. The van der Waals surface area contributed by atoms with Gasteiger partial charge in [-0.25, -0.2) is 4.98 Å². The topological polar surface area (TPSA) is 55.1 Å². The fourth-order valence-electron chi connectivity index (χ4n) is 2.17. The van der Waals surface area contributed by atoms with Gasteiger partial charge in [-0.3, -0.25) is 9.36 Å². The summed E-state index contributed by atoms with van der Waals surface area (Å²) < 4.78 is 1.62. The lowest BCUT2D eigenvalue weighted by Gasteiger charge is -2.23. The molecule has 1 aliphatic rings. The molecule has 2 heterocycles. The molecule has 4 nitrogen and oxygen atoms in total. The van der Waals surface area contributed by atoms with E-state index in [4.69, 9.17) is 0 Å². The predicted molar refractivity (Wildman–Crippen MR) is 56.8 cm³/mol. The maximum Gasteiger partial charge on any atom is 0.256 e. The van der Waals surface area contributed by atoms with E-state index < -0.39 is 6.10 Å². The summed E-state index contributed by atoms with van der Waals surface area (Å²) in [6.07, 6.45) is 1.68. The van der Waals surface area contributed by atoms with Crippen molar-refractivity contribution in [2.75, 3.05) is 0 Å². The van der Waals surface area contributed by atoms with E-state index in [0.717, 1.165) is 17.7 Å². The number of hydrogen-bond donors (Lipinski definition) is 1. The molecule has 1 aliphatic heterocycles. The van der Waals surface area contributed by atoms with Crippen molar-refractivity contribution in [2.45, 2.75) is 45.8 Å². The van der Waals surface area contributed by atoms with E-state index in [1.165, 1.54) is 0 Å². The third kappa shape index (κ3) is 1.59. The van der Waals surface area contributed by atoms with Gasteiger partial charge in [-0.2, -0.15) is 0 Å². The average Bonchev–Trinajstić information content (AvgIpc) is 2.20. The molecule has 0 radical (unpaired) electrons.